The van der Waals surface area contributed by atoms with Crippen molar-refractivity contribution in [2.75, 3.05) is 15.6 Å². The van der Waals surface area contributed by atoms with Crippen LogP contribution < -0.4 is 9.03 Å². The number of hydrogen-bond acceptors (Lipinski definition) is 6. The molecule has 0 amide bonds. The van der Waals surface area contributed by atoms with Gasteiger partial charge in [0.1, 0.15) is 10.7 Å². The summed E-state index contributed by atoms with van der Waals surface area (Å²) in [5.41, 5.74) is 0.911. The van der Waals surface area contributed by atoms with Gasteiger partial charge in [-0.15, -0.1) is 0 Å². The predicted octanol–water partition coefficient (Wildman–Crippen LogP) is 3.30. The Labute approximate surface area is 181 Å². The molecule has 0 spiro atoms. The number of carbonyl (C=O) groups excluding carboxylic acids is 1. The SMILES string of the molecule is CCN(c1ccccc1)S(=O)(=O)c1ccc(NS(=O)(=O)c2ccc(C(C)=O)cc2)nc1. The zero-order chi connectivity index (χ0) is 22.6. The molecule has 0 radical (unpaired) electrons. The molecule has 0 bridgehead atoms. The molecule has 10 heteroatoms. The third kappa shape index (κ3) is 4.92. The van der Waals surface area contributed by atoms with E-state index in [1.165, 1.54) is 47.6 Å². The van der Waals surface area contributed by atoms with Gasteiger partial charge < -0.3 is 0 Å². The second kappa shape index (κ2) is 8.86. The van der Waals surface area contributed by atoms with E-state index in [1.54, 1.807) is 37.3 Å². The summed E-state index contributed by atoms with van der Waals surface area (Å²) in [4.78, 5) is 15.2. The van der Waals surface area contributed by atoms with Gasteiger partial charge in [-0.1, -0.05) is 30.3 Å². The maximum atomic E-state index is 13.0. The second-order valence-corrected chi connectivity index (χ2v) is 10.1. The van der Waals surface area contributed by atoms with E-state index in [0.717, 1.165) is 6.20 Å². The lowest BCUT2D eigenvalue weighted by Gasteiger charge is -2.22. The summed E-state index contributed by atoms with van der Waals surface area (Å²) in [6, 6.07) is 16.7. The smallest absolute Gasteiger partial charge is 0.265 e. The Morgan fingerprint density at radius 1 is 0.903 bits per heavy atom. The lowest BCUT2D eigenvalue weighted by atomic mass is 10.2. The lowest BCUT2D eigenvalue weighted by molar-refractivity contribution is 0.101. The van der Waals surface area contributed by atoms with E-state index in [-0.39, 0.29) is 27.9 Å². The molecule has 1 N–H and O–H groups in total. The summed E-state index contributed by atoms with van der Waals surface area (Å²) in [7, 11) is -7.82. The van der Waals surface area contributed by atoms with E-state index in [1.807, 2.05) is 0 Å². The van der Waals surface area contributed by atoms with Crippen LogP contribution in [0.15, 0.2) is 82.7 Å². The number of rotatable bonds is 8. The summed E-state index contributed by atoms with van der Waals surface area (Å²) in [6.07, 6.45) is 1.11. The standard InChI is InChI=1S/C21H21N3O5S2/c1-3-24(18-7-5-4-6-8-18)31(28,29)20-13-14-21(22-15-20)23-30(26,27)19-11-9-17(10-12-19)16(2)25/h4-15H,3H2,1-2H3,(H,22,23). The van der Waals surface area contributed by atoms with Crippen molar-refractivity contribution in [2.24, 2.45) is 0 Å². The fourth-order valence-electron chi connectivity index (χ4n) is 2.87. The summed E-state index contributed by atoms with van der Waals surface area (Å²) in [5, 5.41) is 0. The zero-order valence-corrected chi connectivity index (χ0v) is 18.5. The molecule has 0 unspecified atom stereocenters. The van der Waals surface area contributed by atoms with Crippen molar-refractivity contribution in [2.45, 2.75) is 23.6 Å². The van der Waals surface area contributed by atoms with Crippen molar-refractivity contribution < 1.29 is 21.6 Å². The molecule has 0 aliphatic heterocycles. The molecule has 0 atom stereocenters. The molecule has 0 saturated heterocycles. The topological polar surface area (TPSA) is 114 Å². The number of aromatic nitrogens is 1. The Hall–Kier alpha value is -3.24. The van der Waals surface area contributed by atoms with E-state index >= 15 is 0 Å². The number of sulfonamides is 2. The van der Waals surface area contributed by atoms with Crippen LogP contribution in [-0.4, -0.2) is 34.1 Å². The maximum absolute atomic E-state index is 13.0. The van der Waals surface area contributed by atoms with E-state index in [2.05, 4.69) is 9.71 Å². The van der Waals surface area contributed by atoms with E-state index in [0.29, 0.717) is 11.3 Å². The molecule has 31 heavy (non-hydrogen) atoms. The summed E-state index contributed by atoms with van der Waals surface area (Å²) in [5.74, 6) is -0.204. The second-order valence-electron chi connectivity index (χ2n) is 6.57. The van der Waals surface area contributed by atoms with Crippen LogP contribution in [-0.2, 0) is 20.0 Å². The maximum Gasteiger partial charge on any atom is 0.265 e. The van der Waals surface area contributed by atoms with Crippen LogP contribution in [0.4, 0.5) is 11.5 Å². The molecule has 162 valence electrons. The highest BCUT2D eigenvalue weighted by Gasteiger charge is 2.24. The number of para-hydroxylation sites is 1. The molecule has 3 rings (SSSR count). The summed E-state index contributed by atoms with van der Waals surface area (Å²) < 4.78 is 54.6. The van der Waals surface area contributed by atoms with E-state index < -0.39 is 20.0 Å². The van der Waals surface area contributed by atoms with Gasteiger partial charge >= 0.3 is 0 Å². The number of carbonyl (C=O) groups is 1. The third-order valence-electron chi connectivity index (χ3n) is 4.47. The predicted molar refractivity (Wildman–Crippen MR) is 118 cm³/mol. The minimum atomic E-state index is -3.95. The van der Waals surface area contributed by atoms with Gasteiger partial charge in [-0.25, -0.2) is 21.8 Å². The molecule has 1 aromatic heterocycles. The van der Waals surface area contributed by atoms with Crippen molar-refractivity contribution >= 4 is 37.3 Å². The fraction of sp³-hybridized carbons (Fsp3) is 0.143. The highest BCUT2D eigenvalue weighted by Crippen LogP contribution is 2.24. The van der Waals surface area contributed by atoms with E-state index in [4.69, 9.17) is 0 Å². The Morgan fingerprint density at radius 2 is 1.52 bits per heavy atom. The minimum Gasteiger partial charge on any atom is -0.295 e. The molecule has 0 saturated carbocycles. The van der Waals surface area contributed by atoms with Crippen LogP contribution in [0, 0.1) is 0 Å². The van der Waals surface area contributed by atoms with Gasteiger partial charge in [0.25, 0.3) is 20.0 Å². The van der Waals surface area contributed by atoms with Crippen molar-refractivity contribution in [3.63, 3.8) is 0 Å². The average Bonchev–Trinajstić information content (AvgIpc) is 2.75. The first-order valence-corrected chi connectivity index (χ1v) is 12.2. The van der Waals surface area contributed by atoms with Crippen molar-refractivity contribution in [3.8, 4) is 0 Å². The van der Waals surface area contributed by atoms with Crippen molar-refractivity contribution in [1.29, 1.82) is 0 Å². The molecular formula is C21H21N3O5S2. The highest BCUT2D eigenvalue weighted by molar-refractivity contribution is 7.93. The molecule has 1 heterocycles. The zero-order valence-electron chi connectivity index (χ0n) is 16.9. The van der Waals surface area contributed by atoms with Gasteiger partial charge in [-0.2, -0.15) is 0 Å². The third-order valence-corrected chi connectivity index (χ3v) is 7.72. The molecule has 0 aliphatic carbocycles. The molecule has 8 nitrogen and oxygen atoms in total. The van der Waals surface area contributed by atoms with Crippen molar-refractivity contribution in [3.05, 3.63) is 78.5 Å². The number of hydrogen-bond donors (Lipinski definition) is 1. The van der Waals surface area contributed by atoms with Crippen LogP contribution in [0.2, 0.25) is 0 Å². The fourth-order valence-corrected chi connectivity index (χ4v) is 5.30. The normalized spacial score (nSPS) is 11.7. The number of nitrogens with zero attached hydrogens (tertiary/aromatic N) is 2. The molecular weight excluding hydrogens is 438 g/mol. The van der Waals surface area contributed by atoms with Gasteiger partial charge in [0.15, 0.2) is 5.78 Å². The number of ketones is 1. The molecule has 0 fully saturated rings. The summed E-state index contributed by atoms with van der Waals surface area (Å²) >= 11 is 0. The van der Waals surface area contributed by atoms with Crippen LogP contribution in [0.1, 0.15) is 24.2 Å². The largest absolute Gasteiger partial charge is 0.295 e. The quantitative estimate of drug-likeness (QED) is 0.517. The van der Waals surface area contributed by atoms with Crippen LogP contribution in [0.25, 0.3) is 0 Å². The van der Waals surface area contributed by atoms with E-state index in [9.17, 15) is 21.6 Å². The van der Waals surface area contributed by atoms with Gasteiger partial charge in [-0.05, 0) is 50.2 Å². The number of nitrogens with one attached hydrogen (secondary N) is 1. The summed E-state index contributed by atoms with van der Waals surface area (Å²) in [6.45, 7) is 3.33. The monoisotopic (exact) mass is 459 g/mol. The van der Waals surface area contributed by atoms with Gasteiger partial charge in [0, 0.05) is 18.3 Å². The Morgan fingerprint density at radius 3 is 2.03 bits per heavy atom. The lowest BCUT2D eigenvalue weighted by Crippen LogP contribution is -2.30. The first-order chi connectivity index (χ1) is 14.6. The highest BCUT2D eigenvalue weighted by atomic mass is 32.2. The Balaban J connectivity index is 1.83. The minimum absolute atomic E-state index is 0.0302. The molecule has 0 aliphatic rings. The number of anilines is 2. The van der Waals surface area contributed by atoms with Crippen molar-refractivity contribution in [1.82, 2.24) is 4.98 Å². The van der Waals surface area contributed by atoms with Crippen LogP contribution in [0.3, 0.4) is 0 Å². The van der Waals surface area contributed by atoms with Gasteiger partial charge in [0.2, 0.25) is 0 Å². The van der Waals surface area contributed by atoms with Crippen LogP contribution in [0.5, 0.6) is 0 Å². The van der Waals surface area contributed by atoms with Gasteiger partial charge in [0.05, 0.1) is 10.6 Å². The number of pyridine rings is 1. The molecule has 2 aromatic carbocycles. The average molecular weight is 460 g/mol. The van der Waals surface area contributed by atoms with Crippen LogP contribution >= 0.6 is 0 Å². The molecule has 3 aromatic rings. The number of benzene rings is 2. The first kappa shape index (κ1) is 22.4. The first-order valence-electron chi connectivity index (χ1n) is 9.33. The Kier molecular flexibility index (Phi) is 6.42. The van der Waals surface area contributed by atoms with Gasteiger partial charge in [-0.3, -0.25) is 13.8 Å². The number of Topliss-reactive ketones (excluding diaryl/α,β-unsaturated/α-hetero) is 1. The Bertz CT molecular complexity index is 1270.